The van der Waals surface area contributed by atoms with Crippen LogP contribution < -0.4 is 0 Å². The zero-order valence-corrected chi connectivity index (χ0v) is 8.59. The van der Waals surface area contributed by atoms with E-state index in [9.17, 15) is 19.4 Å². The topological polar surface area (TPSA) is 90.7 Å². The Balaban J connectivity index is 2.87. The lowest BCUT2D eigenvalue weighted by molar-refractivity contribution is -0.141. The van der Waals surface area contributed by atoms with Gasteiger partial charge in [-0.1, -0.05) is 0 Å². The van der Waals surface area contributed by atoms with E-state index >= 15 is 0 Å². The molecule has 0 saturated carbocycles. The molecule has 88 valence electrons. The molecule has 0 bridgehead atoms. The van der Waals surface area contributed by atoms with E-state index in [-0.39, 0.29) is 11.3 Å². The van der Waals surface area contributed by atoms with E-state index in [1.165, 1.54) is 13.0 Å². The van der Waals surface area contributed by atoms with Crippen LogP contribution in [0.1, 0.15) is 23.8 Å². The van der Waals surface area contributed by atoms with Crippen molar-refractivity contribution in [1.29, 1.82) is 0 Å². The third-order valence-corrected chi connectivity index (χ3v) is 2.16. The number of carbonyl (C=O) groups is 1. The molecule has 2 atom stereocenters. The van der Waals surface area contributed by atoms with Crippen molar-refractivity contribution in [2.75, 3.05) is 0 Å². The molecule has 5 nitrogen and oxygen atoms in total. The lowest BCUT2D eigenvalue weighted by Crippen LogP contribution is -2.22. The Hall–Kier alpha value is -1.53. The Bertz CT molecular complexity index is 396. The highest BCUT2D eigenvalue weighted by molar-refractivity contribution is 5.67. The van der Waals surface area contributed by atoms with Crippen LogP contribution in [0.15, 0.2) is 12.1 Å². The van der Waals surface area contributed by atoms with Crippen LogP contribution in [0.3, 0.4) is 0 Å². The highest BCUT2D eigenvalue weighted by Crippen LogP contribution is 2.21. The molecule has 1 aromatic heterocycles. The summed E-state index contributed by atoms with van der Waals surface area (Å²) < 4.78 is 12.7. The Kier molecular flexibility index (Phi) is 3.92. The van der Waals surface area contributed by atoms with Crippen molar-refractivity contribution in [3.8, 4) is 0 Å². The van der Waals surface area contributed by atoms with E-state index in [1.54, 1.807) is 0 Å². The van der Waals surface area contributed by atoms with Crippen LogP contribution in [-0.4, -0.2) is 32.4 Å². The van der Waals surface area contributed by atoms with Crippen LogP contribution in [-0.2, 0) is 4.79 Å². The van der Waals surface area contributed by atoms with Crippen LogP contribution in [0.2, 0.25) is 0 Å². The molecule has 0 radical (unpaired) electrons. The third-order valence-electron chi connectivity index (χ3n) is 2.16. The maximum Gasteiger partial charge on any atom is 0.306 e. The summed E-state index contributed by atoms with van der Waals surface area (Å²) in [5.41, 5.74) is 0.437. The quantitative estimate of drug-likeness (QED) is 0.650. The van der Waals surface area contributed by atoms with E-state index in [1.807, 2.05) is 0 Å². The highest BCUT2D eigenvalue weighted by atomic mass is 19.1. The van der Waals surface area contributed by atoms with Gasteiger partial charge in [-0.05, 0) is 19.1 Å². The monoisotopic (exact) mass is 229 g/mol. The molecule has 0 spiro atoms. The molecule has 1 aromatic rings. The first-order chi connectivity index (χ1) is 7.41. The lowest BCUT2D eigenvalue weighted by Gasteiger charge is -2.17. The second kappa shape index (κ2) is 5.00. The Morgan fingerprint density at radius 1 is 1.50 bits per heavy atom. The zero-order valence-electron chi connectivity index (χ0n) is 8.59. The maximum absolute atomic E-state index is 12.7. The summed E-state index contributed by atoms with van der Waals surface area (Å²) >= 11 is 0. The Morgan fingerprint density at radius 2 is 2.12 bits per heavy atom. The zero-order chi connectivity index (χ0) is 12.3. The van der Waals surface area contributed by atoms with Gasteiger partial charge < -0.3 is 15.3 Å². The van der Waals surface area contributed by atoms with Crippen LogP contribution in [0.5, 0.6) is 0 Å². The number of carboxylic acids is 1. The lowest BCUT2D eigenvalue weighted by atomic mass is 10.0. The number of hydrogen-bond acceptors (Lipinski definition) is 4. The molecule has 3 N–H and O–H groups in total. The van der Waals surface area contributed by atoms with Crippen LogP contribution in [0.25, 0.3) is 0 Å². The van der Waals surface area contributed by atoms with Crippen LogP contribution >= 0.6 is 0 Å². The van der Waals surface area contributed by atoms with Crippen molar-refractivity contribution in [3.05, 3.63) is 29.3 Å². The van der Waals surface area contributed by atoms with Gasteiger partial charge in [-0.2, -0.15) is 4.39 Å². The third kappa shape index (κ3) is 2.98. The molecule has 0 aliphatic rings. The number of aliphatic hydroxyl groups excluding tert-OH is 2. The van der Waals surface area contributed by atoms with Gasteiger partial charge in [0, 0.05) is 11.3 Å². The standard InChI is InChI=1S/C10H12FNO4/c1-5-6(2-3-8(11)12-5)10(16)7(13)4-9(14)15/h2-3,7,10,13,16H,4H2,1H3,(H,14,15). The van der Waals surface area contributed by atoms with Crippen molar-refractivity contribution in [2.45, 2.75) is 25.6 Å². The molecular weight excluding hydrogens is 217 g/mol. The predicted molar refractivity (Wildman–Crippen MR) is 52.2 cm³/mol. The van der Waals surface area contributed by atoms with Gasteiger partial charge in [0.1, 0.15) is 6.10 Å². The molecule has 0 fully saturated rings. The number of carboxylic acid groups (broad SMARTS) is 1. The SMILES string of the molecule is Cc1nc(F)ccc1C(O)C(O)CC(=O)O. The normalized spacial score (nSPS) is 14.5. The van der Waals surface area contributed by atoms with E-state index in [4.69, 9.17) is 5.11 Å². The van der Waals surface area contributed by atoms with E-state index in [0.717, 1.165) is 6.07 Å². The van der Waals surface area contributed by atoms with Gasteiger partial charge in [0.25, 0.3) is 0 Å². The number of aliphatic carboxylic acids is 1. The number of aliphatic hydroxyl groups is 2. The molecule has 0 aromatic carbocycles. The summed E-state index contributed by atoms with van der Waals surface area (Å²) in [6, 6.07) is 2.31. The molecule has 16 heavy (non-hydrogen) atoms. The summed E-state index contributed by atoms with van der Waals surface area (Å²) in [4.78, 5) is 13.8. The van der Waals surface area contributed by atoms with Crippen molar-refractivity contribution >= 4 is 5.97 Å². The molecule has 2 unspecified atom stereocenters. The highest BCUT2D eigenvalue weighted by Gasteiger charge is 2.23. The van der Waals surface area contributed by atoms with Crippen molar-refractivity contribution in [2.24, 2.45) is 0 Å². The average molecular weight is 229 g/mol. The molecule has 6 heteroatoms. The van der Waals surface area contributed by atoms with Crippen LogP contribution in [0, 0.1) is 12.9 Å². The minimum Gasteiger partial charge on any atom is -0.481 e. The molecular formula is C10H12FNO4. The second-order valence-corrected chi connectivity index (χ2v) is 3.42. The van der Waals surface area contributed by atoms with Gasteiger partial charge in [0.05, 0.1) is 12.5 Å². The van der Waals surface area contributed by atoms with Gasteiger partial charge in [-0.25, -0.2) is 4.98 Å². The molecule has 0 aliphatic carbocycles. The molecule has 0 aliphatic heterocycles. The summed E-state index contributed by atoms with van der Waals surface area (Å²) in [6.07, 6.45) is -3.41. The van der Waals surface area contributed by atoms with Crippen molar-refractivity contribution in [3.63, 3.8) is 0 Å². The number of rotatable bonds is 4. The fourth-order valence-electron chi connectivity index (χ4n) is 1.35. The summed E-state index contributed by atoms with van der Waals surface area (Å²) in [6.45, 7) is 1.47. The molecule has 0 amide bonds. The average Bonchev–Trinajstić information content (AvgIpc) is 2.15. The first kappa shape index (κ1) is 12.5. The molecule has 1 heterocycles. The van der Waals surface area contributed by atoms with Gasteiger partial charge in [0.2, 0.25) is 5.95 Å². The van der Waals surface area contributed by atoms with Gasteiger partial charge in [0.15, 0.2) is 0 Å². The van der Waals surface area contributed by atoms with E-state index < -0.39 is 30.5 Å². The molecule has 1 rings (SSSR count). The van der Waals surface area contributed by atoms with Gasteiger partial charge in [-0.3, -0.25) is 4.79 Å². The van der Waals surface area contributed by atoms with Crippen molar-refractivity contribution in [1.82, 2.24) is 4.98 Å². The number of nitrogens with zero attached hydrogens (tertiary/aromatic N) is 1. The largest absolute Gasteiger partial charge is 0.481 e. The van der Waals surface area contributed by atoms with Gasteiger partial charge in [-0.15, -0.1) is 0 Å². The van der Waals surface area contributed by atoms with Crippen LogP contribution in [0.4, 0.5) is 4.39 Å². The Morgan fingerprint density at radius 3 is 2.62 bits per heavy atom. The maximum atomic E-state index is 12.7. The fraction of sp³-hybridized carbons (Fsp3) is 0.400. The fourth-order valence-corrected chi connectivity index (χ4v) is 1.35. The first-order valence-electron chi connectivity index (χ1n) is 4.62. The minimum atomic E-state index is -1.44. The Labute approximate surface area is 91.2 Å². The van der Waals surface area contributed by atoms with E-state index in [0.29, 0.717) is 0 Å². The number of aryl methyl sites for hydroxylation is 1. The smallest absolute Gasteiger partial charge is 0.306 e. The number of aromatic nitrogens is 1. The summed E-state index contributed by atoms with van der Waals surface area (Å²) in [5.74, 6) is -1.92. The predicted octanol–water partition coefficient (Wildman–Crippen LogP) is 0.398. The van der Waals surface area contributed by atoms with E-state index in [2.05, 4.69) is 4.98 Å². The number of hydrogen-bond donors (Lipinski definition) is 3. The minimum absolute atomic E-state index is 0.218. The molecule has 0 saturated heterocycles. The summed E-state index contributed by atoms with van der Waals surface area (Å²) in [7, 11) is 0. The summed E-state index contributed by atoms with van der Waals surface area (Å²) in [5, 5.41) is 27.5. The number of halogens is 1. The van der Waals surface area contributed by atoms with Gasteiger partial charge >= 0.3 is 5.97 Å². The van der Waals surface area contributed by atoms with Crippen molar-refractivity contribution < 1.29 is 24.5 Å². The second-order valence-electron chi connectivity index (χ2n) is 3.42. The first-order valence-corrected chi connectivity index (χ1v) is 4.62. The number of pyridine rings is 1.